The molecule has 0 aromatic heterocycles. The highest BCUT2D eigenvalue weighted by Crippen LogP contribution is 2.30. The first kappa shape index (κ1) is 12.4. The lowest BCUT2D eigenvalue weighted by molar-refractivity contribution is 0.221. The zero-order valence-electron chi connectivity index (χ0n) is 10.2. The Balaban J connectivity index is 2.00. The molecule has 92 valence electrons. The Morgan fingerprint density at radius 1 is 1.47 bits per heavy atom. The van der Waals surface area contributed by atoms with Gasteiger partial charge in [0.25, 0.3) is 0 Å². The average molecular weight is 249 g/mol. The van der Waals surface area contributed by atoms with Gasteiger partial charge in [-0.3, -0.25) is 0 Å². The summed E-state index contributed by atoms with van der Waals surface area (Å²) < 4.78 is 5.87. The number of aryl methyl sites for hydroxylation is 1. The van der Waals surface area contributed by atoms with Crippen molar-refractivity contribution in [2.75, 3.05) is 6.61 Å². The van der Waals surface area contributed by atoms with E-state index in [1.807, 2.05) is 25.1 Å². The summed E-state index contributed by atoms with van der Waals surface area (Å²) in [6.07, 6.45) is 5.25. The number of nitrogens with two attached hydrogens (primary N) is 1. The SMILES string of the molecule is Cc1cccc(C(N)=S)c1OCCC1CCC1. The number of para-hydroxylation sites is 1. The van der Waals surface area contributed by atoms with E-state index >= 15 is 0 Å². The van der Waals surface area contributed by atoms with E-state index in [0.717, 1.165) is 35.8 Å². The molecule has 0 spiro atoms. The largest absolute Gasteiger partial charge is 0.493 e. The number of benzene rings is 1. The number of hydrogen-bond acceptors (Lipinski definition) is 2. The summed E-state index contributed by atoms with van der Waals surface area (Å²) in [4.78, 5) is 0.410. The summed E-state index contributed by atoms with van der Waals surface area (Å²) in [7, 11) is 0. The van der Waals surface area contributed by atoms with Crippen LogP contribution in [0.25, 0.3) is 0 Å². The van der Waals surface area contributed by atoms with Crippen molar-refractivity contribution in [2.24, 2.45) is 11.7 Å². The smallest absolute Gasteiger partial charge is 0.132 e. The van der Waals surface area contributed by atoms with E-state index in [1.54, 1.807) is 0 Å². The van der Waals surface area contributed by atoms with Gasteiger partial charge in [0, 0.05) is 0 Å². The summed E-state index contributed by atoms with van der Waals surface area (Å²) in [6, 6.07) is 5.91. The van der Waals surface area contributed by atoms with Crippen molar-refractivity contribution in [3.8, 4) is 5.75 Å². The van der Waals surface area contributed by atoms with Crippen molar-refractivity contribution in [1.29, 1.82) is 0 Å². The van der Waals surface area contributed by atoms with Crippen LogP contribution in [0.3, 0.4) is 0 Å². The van der Waals surface area contributed by atoms with Gasteiger partial charge in [0.15, 0.2) is 0 Å². The summed E-state index contributed by atoms with van der Waals surface area (Å²) in [5.41, 5.74) is 7.66. The Labute approximate surface area is 108 Å². The summed E-state index contributed by atoms with van der Waals surface area (Å²) in [5.74, 6) is 1.73. The standard InChI is InChI=1S/C14H19NOS/c1-10-4-2-7-12(14(15)17)13(10)16-9-8-11-5-3-6-11/h2,4,7,11H,3,5-6,8-9H2,1H3,(H2,15,17). The van der Waals surface area contributed by atoms with Crippen molar-refractivity contribution >= 4 is 17.2 Å². The van der Waals surface area contributed by atoms with E-state index in [4.69, 9.17) is 22.7 Å². The van der Waals surface area contributed by atoms with E-state index in [0.29, 0.717) is 4.99 Å². The van der Waals surface area contributed by atoms with Crippen molar-refractivity contribution in [2.45, 2.75) is 32.6 Å². The van der Waals surface area contributed by atoms with Gasteiger partial charge in [-0.2, -0.15) is 0 Å². The number of hydrogen-bond donors (Lipinski definition) is 1. The van der Waals surface area contributed by atoms with Crippen LogP contribution < -0.4 is 10.5 Å². The van der Waals surface area contributed by atoms with Gasteiger partial charge in [-0.25, -0.2) is 0 Å². The molecule has 0 radical (unpaired) electrons. The highest BCUT2D eigenvalue weighted by molar-refractivity contribution is 7.80. The van der Waals surface area contributed by atoms with Crippen LogP contribution >= 0.6 is 12.2 Å². The lowest BCUT2D eigenvalue weighted by Crippen LogP contribution is -2.16. The Morgan fingerprint density at radius 3 is 2.82 bits per heavy atom. The second-order valence-electron chi connectivity index (χ2n) is 4.75. The van der Waals surface area contributed by atoms with Crippen LogP contribution in [-0.4, -0.2) is 11.6 Å². The van der Waals surface area contributed by atoms with E-state index in [2.05, 4.69) is 0 Å². The molecule has 0 unspecified atom stereocenters. The van der Waals surface area contributed by atoms with Gasteiger partial charge < -0.3 is 10.5 Å². The van der Waals surface area contributed by atoms with Crippen LogP contribution in [-0.2, 0) is 0 Å². The first-order valence-corrected chi connectivity index (χ1v) is 6.61. The minimum absolute atomic E-state index is 0.410. The molecule has 0 saturated heterocycles. The van der Waals surface area contributed by atoms with Gasteiger partial charge in [0.1, 0.15) is 10.7 Å². The van der Waals surface area contributed by atoms with Crippen molar-refractivity contribution in [1.82, 2.24) is 0 Å². The first-order chi connectivity index (χ1) is 8.18. The lowest BCUT2D eigenvalue weighted by Gasteiger charge is -2.25. The molecule has 1 fully saturated rings. The topological polar surface area (TPSA) is 35.2 Å². The predicted molar refractivity (Wildman–Crippen MR) is 74.5 cm³/mol. The maximum Gasteiger partial charge on any atom is 0.132 e. The molecule has 2 nitrogen and oxygen atoms in total. The molecule has 0 amide bonds. The fourth-order valence-corrected chi connectivity index (χ4v) is 2.31. The fourth-order valence-electron chi connectivity index (χ4n) is 2.15. The highest BCUT2D eigenvalue weighted by Gasteiger charge is 2.17. The number of ether oxygens (including phenoxy) is 1. The maximum atomic E-state index is 5.87. The van der Waals surface area contributed by atoms with Gasteiger partial charge >= 0.3 is 0 Å². The zero-order chi connectivity index (χ0) is 12.3. The molecule has 0 aliphatic heterocycles. The van der Waals surface area contributed by atoms with E-state index in [9.17, 15) is 0 Å². The first-order valence-electron chi connectivity index (χ1n) is 6.20. The van der Waals surface area contributed by atoms with Crippen molar-refractivity contribution in [3.63, 3.8) is 0 Å². The van der Waals surface area contributed by atoms with Gasteiger partial charge in [-0.1, -0.05) is 43.6 Å². The molecule has 1 aliphatic carbocycles. The summed E-state index contributed by atoms with van der Waals surface area (Å²) in [6.45, 7) is 2.80. The Bertz CT molecular complexity index is 413. The summed E-state index contributed by atoms with van der Waals surface area (Å²) in [5, 5.41) is 0. The van der Waals surface area contributed by atoms with E-state index in [-0.39, 0.29) is 0 Å². The molecule has 2 rings (SSSR count). The van der Waals surface area contributed by atoms with E-state index in [1.165, 1.54) is 19.3 Å². The Kier molecular flexibility index (Phi) is 4.00. The highest BCUT2D eigenvalue weighted by atomic mass is 32.1. The molecule has 0 atom stereocenters. The van der Waals surface area contributed by atoms with Crippen LogP contribution in [0.15, 0.2) is 18.2 Å². The average Bonchev–Trinajstić information content (AvgIpc) is 2.23. The third-order valence-corrected chi connectivity index (χ3v) is 3.69. The van der Waals surface area contributed by atoms with Crippen LogP contribution in [0.4, 0.5) is 0 Å². The molecule has 1 aromatic rings. The van der Waals surface area contributed by atoms with Crippen LogP contribution in [0.5, 0.6) is 5.75 Å². The Hall–Kier alpha value is -1.09. The van der Waals surface area contributed by atoms with Gasteiger partial charge in [0.2, 0.25) is 0 Å². The van der Waals surface area contributed by atoms with Crippen LogP contribution in [0, 0.1) is 12.8 Å². The second kappa shape index (κ2) is 5.50. The summed E-state index contributed by atoms with van der Waals surface area (Å²) >= 11 is 5.04. The van der Waals surface area contributed by atoms with Gasteiger partial charge in [0.05, 0.1) is 12.2 Å². The molecule has 1 saturated carbocycles. The minimum atomic E-state index is 0.410. The van der Waals surface area contributed by atoms with Crippen molar-refractivity contribution < 1.29 is 4.74 Å². The van der Waals surface area contributed by atoms with E-state index < -0.39 is 0 Å². The second-order valence-corrected chi connectivity index (χ2v) is 5.19. The van der Waals surface area contributed by atoms with Crippen LogP contribution in [0.2, 0.25) is 0 Å². The molecule has 1 aliphatic rings. The molecule has 3 heteroatoms. The van der Waals surface area contributed by atoms with Crippen molar-refractivity contribution in [3.05, 3.63) is 29.3 Å². The predicted octanol–water partition coefficient (Wildman–Crippen LogP) is 3.20. The third kappa shape index (κ3) is 2.97. The molecule has 0 bridgehead atoms. The fraction of sp³-hybridized carbons (Fsp3) is 0.500. The monoisotopic (exact) mass is 249 g/mol. The molecule has 1 aromatic carbocycles. The molecule has 0 heterocycles. The molecule has 17 heavy (non-hydrogen) atoms. The van der Waals surface area contributed by atoms with Gasteiger partial charge in [-0.05, 0) is 30.9 Å². The molecular formula is C14H19NOS. The molecular weight excluding hydrogens is 230 g/mol. The lowest BCUT2D eigenvalue weighted by atomic mass is 9.83. The number of thiocarbonyl (C=S) groups is 1. The quantitative estimate of drug-likeness (QED) is 0.814. The zero-order valence-corrected chi connectivity index (χ0v) is 11.1. The van der Waals surface area contributed by atoms with Crippen LogP contribution in [0.1, 0.15) is 36.8 Å². The third-order valence-electron chi connectivity index (χ3n) is 3.47. The number of rotatable bonds is 5. The normalized spacial score (nSPS) is 15.4. The van der Waals surface area contributed by atoms with Gasteiger partial charge in [-0.15, -0.1) is 0 Å². The molecule has 2 N–H and O–H groups in total. The maximum absolute atomic E-state index is 5.87. The Morgan fingerprint density at radius 2 is 2.24 bits per heavy atom. The minimum Gasteiger partial charge on any atom is -0.493 e.